The number of rotatable bonds is 2. The second kappa shape index (κ2) is 2.95. The van der Waals surface area contributed by atoms with Crippen LogP contribution in [0, 0.1) is 0 Å². The van der Waals surface area contributed by atoms with Crippen molar-refractivity contribution in [3.05, 3.63) is 0 Å². The van der Waals surface area contributed by atoms with Gasteiger partial charge in [0.1, 0.15) is 0 Å². The second-order valence-electron chi connectivity index (χ2n) is 1.58. The molecule has 0 aromatic carbocycles. The minimum atomic E-state index is -0.997. The Morgan fingerprint density at radius 3 is 1.43 bits per heavy atom. The molecule has 0 radical (unpaired) electrons. The molecule has 0 aliphatic rings. The van der Waals surface area contributed by atoms with E-state index in [0.717, 1.165) is 0 Å². The van der Waals surface area contributed by atoms with Crippen molar-refractivity contribution in [2.24, 2.45) is 0 Å². The van der Waals surface area contributed by atoms with Crippen LogP contribution in [-0.2, 0) is 9.59 Å². The van der Waals surface area contributed by atoms with Crippen LogP contribution in [0.25, 0.3) is 0 Å². The van der Waals surface area contributed by atoms with Crippen molar-refractivity contribution in [1.29, 1.82) is 0 Å². The summed E-state index contributed by atoms with van der Waals surface area (Å²) in [6.07, 6.45) is 0. The highest BCUT2D eigenvalue weighted by Crippen LogP contribution is 1.65. The van der Waals surface area contributed by atoms with Crippen LogP contribution in [0.5, 0.6) is 0 Å². The maximum absolute atomic E-state index is 10.1. The van der Waals surface area contributed by atoms with E-state index >= 15 is 0 Å². The third-order valence-corrected chi connectivity index (χ3v) is 1.49. The van der Waals surface area contributed by atoms with Gasteiger partial charge in [-0.15, -0.1) is 0 Å². The Morgan fingerprint density at radius 2 is 1.43 bits per heavy atom. The van der Waals surface area contributed by atoms with Gasteiger partial charge in [-0.25, -0.2) is 0 Å². The molecule has 0 unspecified atom stereocenters. The normalized spacial score (nSPS) is 7.71. The van der Waals surface area contributed by atoms with Gasteiger partial charge in [0.15, 0.2) is 0 Å². The van der Waals surface area contributed by atoms with Gasteiger partial charge in [0.05, 0.1) is 9.29 Å². The first-order chi connectivity index (χ1) is 3.13. The molecular formula is C4H7AlO2. The van der Waals surface area contributed by atoms with Gasteiger partial charge in [-0.2, -0.15) is 0 Å². The third-order valence-electron chi connectivity index (χ3n) is 0.498. The zero-order valence-electron chi connectivity index (χ0n) is 4.52. The maximum Gasteiger partial charge on any atom is 0.439 e. The summed E-state index contributed by atoms with van der Waals surface area (Å²) < 4.78 is 0.153. The van der Waals surface area contributed by atoms with Crippen LogP contribution in [0.3, 0.4) is 0 Å². The first-order valence-corrected chi connectivity index (χ1v) is 3.53. The van der Waals surface area contributed by atoms with E-state index in [1.165, 1.54) is 13.8 Å². The first-order valence-electron chi connectivity index (χ1n) is 2.12. The largest absolute Gasteiger partial charge is 0.439 e. The Labute approximate surface area is 48.6 Å². The lowest BCUT2D eigenvalue weighted by Crippen LogP contribution is -2.12. The molecule has 2 nitrogen and oxygen atoms in total. The molecule has 0 amide bonds. The van der Waals surface area contributed by atoms with Gasteiger partial charge in [0, 0.05) is 0 Å². The zero-order valence-corrected chi connectivity index (χ0v) is 5.94. The van der Waals surface area contributed by atoms with Crippen LogP contribution in [0.1, 0.15) is 13.8 Å². The molecule has 0 aliphatic carbocycles. The average molecular weight is 114 g/mol. The molecule has 0 aromatic heterocycles. The van der Waals surface area contributed by atoms with Gasteiger partial charge in [-0.1, -0.05) is 0 Å². The van der Waals surface area contributed by atoms with Crippen LogP contribution >= 0.6 is 0 Å². The third kappa shape index (κ3) is 5.87. The fraction of sp³-hybridized carbons (Fsp3) is 0.500. The summed E-state index contributed by atoms with van der Waals surface area (Å²) in [5, 5.41) is 0. The van der Waals surface area contributed by atoms with Crippen molar-refractivity contribution in [3.63, 3.8) is 0 Å². The number of hydrogen-bond donors (Lipinski definition) is 0. The monoisotopic (exact) mass is 114 g/mol. The van der Waals surface area contributed by atoms with Gasteiger partial charge < -0.3 is 9.59 Å². The highest BCUT2D eigenvalue weighted by Gasteiger charge is 2.02. The minimum absolute atomic E-state index is 0.0764. The van der Waals surface area contributed by atoms with E-state index in [0.29, 0.717) is 0 Å². The Hall–Kier alpha value is -0.128. The van der Waals surface area contributed by atoms with Crippen molar-refractivity contribution in [3.8, 4) is 0 Å². The lowest BCUT2D eigenvalue weighted by molar-refractivity contribution is -0.113. The highest BCUT2D eigenvalue weighted by atomic mass is 27.1. The van der Waals surface area contributed by atoms with E-state index in [-0.39, 0.29) is 9.29 Å². The Bertz CT molecular complexity index is 85.9. The smallest absolute Gasteiger partial charge is 0.321 e. The highest BCUT2D eigenvalue weighted by molar-refractivity contribution is 6.96. The van der Waals surface area contributed by atoms with Gasteiger partial charge in [-0.3, -0.25) is 0 Å². The SMILES string of the molecule is C[C](=O)[AlH][C](C)=O. The molecule has 0 heterocycles. The average Bonchev–Trinajstić information content (AvgIpc) is 1.27. The summed E-state index contributed by atoms with van der Waals surface area (Å²) >= 11 is -0.997. The maximum atomic E-state index is 10.1. The Balaban J connectivity index is 3.32. The van der Waals surface area contributed by atoms with Crippen molar-refractivity contribution in [2.45, 2.75) is 13.8 Å². The lowest BCUT2D eigenvalue weighted by atomic mass is 10.9. The van der Waals surface area contributed by atoms with Crippen molar-refractivity contribution < 1.29 is 9.59 Å². The summed E-state index contributed by atoms with van der Waals surface area (Å²) in [5.74, 6) is 0. The van der Waals surface area contributed by atoms with Crippen molar-refractivity contribution >= 4 is 24.5 Å². The van der Waals surface area contributed by atoms with Crippen LogP contribution in [0.15, 0.2) is 0 Å². The molecule has 0 bridgehead atoms. The topological polar surface area (TPSA) is 34.1 Å². The van der Waals surface area contributed by atoms with Gasteiger partial charge in [-0.05, 0) is 13.8 Å². The lowest BCUT2D eigenvalue weighted by Gasteiger charge is -1.77. The van der Waals surface area contributed by atoms with E-state index in [1.807, 2.05) is 0 Å². The minimum Gasteiger partial charge on any atom is -0.321 e. The summed E-state index contributed by atoms with van der Waals surface area (Å²) in [7, 11) is 0. The van der Waals surface area contributed by atoms with Crippen molar-refractivity contribution in [2.75, 3.05) is 0 Å². The summed E-state index contributed by atoms with van der Waals surface area (Å²) in [5.41, 5.74) is 0. The fourth-order valence-corrected chi connectivity index (χ4v) is 1.05. The number of carbonyl (C=O) groups is 2. The van der Waals surface area contributed by atoms with Crippen LogP contribution in [-0.4, -0.2) is 24.5 Å². The van der Waals surface area contributed by atoms with Crippen molar-refractivity contribution in [1.82, 2.24) is 0 Å². The molecule has 0 saturated carbocycles. The molecule has 0 atom stereocenters. The Morgan fingerprint density at radius 1 is 1.14 bits per heavy atom. The van der Waals surface area contributed by atoms with E-state index in [4.69, 9.17) is 0 Å². The molecule has 0 saturated heterocycles. The standard InChI is InChI=1S/2C2H3O.Al.H/c2*1-2-3;;/h2*1H3;;. The predicted molar refractivity (Wildman–Crippen MR) is 28.5 cm³/mol. The molecule has 3 heteroatoms. The van der Waals surface area contributed by atoms with Gasteiger partial charge in [0.2, 0.25) is 0 Å². The first kappa shape index (κ1) is 6.87. The molecule has 0 aromatic rings. The number of hydrogen-bond acceptors (Lipinski definition) is 2. The summed E-state index contributed by atoms with van der Waals surface area (Å²) in [6.45, 7) is 2.93. The quantitative estimate of drug-likeness (QED) is 0.454. The van der Waals surface area contributed by atoms with E-state index in [1.54, 1.807) is 0 Å². The Kier molecular flexibility index (Phi) is 2.90. The van der Waals surface area contributed by atoms with E-state index in [2.05, 4.69) is 0 Å². The van der Waals surface area contributed by atoms with Crippen LogP contribution in [0.4, 0.5) is 0 Å². The summed E-state index contributed by atoms with van der Waals surface area (Å²) in [4.78, 5) is 20.2. The second-order valence-corrected chi connectivity index (χ2v) is 3.93. The summed E-state index contributed by atoms with van der Waals surface area (Å²) in [6, 6.07) is 0. The van der Waals surface area contributed by atoms with Crippen LogP contribution in [0.2, 0.25) is 0 Å². The predicted octanol–water partition coefficient (Wildman–Crippen LogP) is -0.484. The van der Waals surface area contributed by atoms with E-state index < -0.39 is 15.2 Å². The van der Waals surface area contributed by atoms with E-state index in [9.17, 15) is 9.59 Å². The molecule has 0 rings (SSSR count). The molecule has 0 aliphatic heterocycles. The van der Waals surface area contributed by atoms with Gasteiger partial charge in [0.25, 0.3) is 0 Å². The molecule has 0 N–H and O–H groups in total. The molecule has 7 heavy (non-hydrogen) atoms. The fourth-order valence-electron chi connectivity index (χ4n) is 0.351. The van der Waals surface area contributed by atoms with Crippen LogP contribution < -0.4 is 0 Å². The number of carbonyl (C=O) groups excluding carboxylic acids is 2. The zero-order chi connectivity index (χ0) is 5.86. The van der Waals surface area contributed by atoms with Gasteiger partial charge >= 0.3 is 15.2 Å². The molecule has 0 spiro atoms. The molecular weight excluding hydrogens is 107 g/mol. The molecule has 0 fully saturated rings. The molecule has 38 valence electrons.